The molecule has 1 aromatic heterocycles. The highest BCUT2D eigenvalue weighted by atomic mass is 19.1. The molecule has 5 nitrogen and oxygen atoms in total. The van der Waals surface area contributed by atoms with E-state index in [0.717, 1.165) is 29.7 Å². The van der Waals surface area contributed by atoms with E-state index in [0.29, 0.717) is 17.4 Å². The third kappa shape index (κ3) is 3.30. The highest BCUT2D eigenvalue weighted by Gasteiger charge is 2.26. The zero-order chi connectivity index (χ0) is 19.0. The van der Waals surface area contributed by atoms with Crippen molar-refractivity contribution in [3.8, 4) is 17.0 Å². The number of hydrogen-bond acceptors (Lipinski definition) is 4. The number of aromatic nitrogens is 2. The van der Waals surface area contributed by atoms with E-state index in [1.807, 2.05) is 29.2 Å². The van der Waals surface area contributed by atoms with Gasteiger partial charge >= 0.3 is 0 Å². The Labute approximate surface area is 156 Å². The Morgan fingerprint density at radius 1 is 1.22 bits per heavy atom. The van der Waals surface area contributed by atoms with Crippen molar-refractivity contribution >= 4 is 11.6 Å². The summed E-state index contributed by atoms with van der Waals surface area (Å²) in [6.45, 7) is 2.07. The largest absolute Gasteiger partial charge is 0.497 e. The van der Waals surface area contributed by atoms with Gasteiger partial charge in [0.2, 0.25) is 5.95 Å². The number of aryl methyl sites for hydroxylation is 1. The summed E-state index contributed by atoms with van der Waals surface area (Å²) < 4.78 is 18.9. The molecule has 1 aliphatic heterocycles. The first-order chi connectivity index (χ1) is 13.0. The molecule has 4 rings (SSSR count). The fourth-order valence-corrected chi connectivity index (χ4v) is 3.53. The summed E-state index contributed by atoms with van der Waals surface area (Å²) in [6, 6.07) is 13.8. The van der Waals surface area contributed by atoms with E-state index in [4.69, 9.17) is 9.72 Å². The number of anilines is 2. The van der Waals surface area contributed by atoms with Gasteiger partial charge in [0, 0.05) is 23.4 Å². The summed E-state index contributed by atoms with van der Waals surface area (Å²) >= 11 is 0. The number of hydrogen-bond donors (Lipinski definition) is 1. The van der Waals surface area contributed by atoms with Crippen LogP contribution in [0.2, 0.25) is 0 Å². The Balaban J connectivity index is 1.83. The highest BCUT2D eigenvalue weighted by molar-refractivity contribution is 5.67. The van der Waals surface area contributed by atoms with Crippen LogP contribution >= 0.6 is 0 Å². The van der Waals surface area contributed by atoms with Gasteiger partial charge in [-0.1, -0.05) is 12.1 Å². The lowest BCUT2D eigenvalue weighted by atomic mass is 9.97. The van der Waals surface area contributed by atoms with Gasteiger partial charge < -0.3 is 9.64 Å². The molecule has 0 saturated carbocycles. The summed E-state index contributed by atoms with van der Waals surface area (Å²) in [5.74, 6) is 0.901. The first kappa shape index (κ1) is 17.3. The number of rotatable bonds is 3. The summed E-state index contributed by atoms with van der Waals surface area (Å²) in [4.78, 5) is 21.8. The SMILES string of the molecule is COc1cccc(-c2cc(=O)[nH]c(N3c4ccc(F)cc4CCC3C)n2)c1. The van der Waals surface area contributed by atoms with Gasteiger partial charge in [0.05, 0.1) is 12.8 Å². The molecule has 0 amide bonds. The first-order valence-corrected chi connectivity index (χ1v) is 8.88. The quantitative estimate of drug-likeness (QED) is 0.761. The number of nitrogens with one attached hydrogen (secondary N) is 1. The van der Waals surface area contributed by atoms with Gasteiger partial charge in [0.15, 0.2) is 0 Å². The topological polar surface area (TPSA) is 58.2 Å². The molecule has 0 saturated heterocycles. The van der Waals surface area contributed by atoms with Crippen LogP contribution in [-0.2, 0) is 6.42 Å². The second-order valence-electron chi connectivity index (χ2n) is 6.72. The summed E-state index contributed by atoms with van der Waals surface area (Å²) in [6.07, 6.45) is 1.65. The molecule has 138 valence electrons. The number of benzene rings is 2. The molecule has 0 radical (unpaired) electrons. The fourth-order valence-electron chi connectivity index (χ4n) is 3.53. The molecule has 2 heterocycles. The molecule has 0 aliphatic carbocycles. The van der Waals surface area contributed by atoms with Crippen LogP contribution in [0.1, 0.15) is 18.9 Å². The van der Waals surface area contributed by atoms with E-state index in [9.17, 15) is 9.18 Å². The molecule has 0 spiro atoms. The van der Waals surface area contributed by atoms with Crippen molar-refractivity contribution in [2.45, 2.75) is 25.8 Å². The summed E-state index contributed by atoms with van der Waals surface area (Å²) in [5, 5.41) is 0. The molecule has 2 aromatic carbocycles. The van der Waals surface area contributed by atoms with Crippen molar-refractivity contribution in [2.24, 2.45) is 0 Å². The van der Waals surface area contributed by atoms with Gasteiger partial charge in [0.25, 0.3) is 5.56 Å². The lowest BCUT2D eigenvalue weighted by Crippen LogP contribution is -2.35. The smallest absolute Gasteiger partial charge is 0.252 e. The fraction of sp³-hybridized carbons (Fsp3) is 0.238. The van der Waals surface area contributed by atoms with Crippen LogP contribution in [0.5, 0.6) is 5.75 Å². The number of nitrogens with zero attached hydrogens (tertiary/aromatic N) is 2. The molecule has 1 atom stereocenters. The minimum atomic E-state index is -0.255. The molecular formula is C21H20FN3O2. The van der Waals surface area contributed by atoms with Crippen LogP contribution in [0.25, 0.3) is 11.3 Å². The molecule has 0 bridgehead atoms. The third-order valence-corrected chi connectivity index (χ3v) is 4.90. The molecular weight excluding hydrogens is 345 g/mol. The normalized spacial score (nSPS) is 16.1. The predicted molar refractivity (Wildman–Crippen MR) is 103 cm³/mol. The van der Waals surface area contributed by atoms with Crippen molar-refractivity contribution in [2.75, 3.05) is 12.0 Å². The lowest BCUT2D eigenvalue weighted by molar-refractivity contribution is 0.415. The van der Waals surface area contributed by atoms with E-state index in [1.165, 1.54) is 12.1 Å². The van der Waals surface area contributed by atoms with E-state index in [1.54, 1.807) is 19.2 Å². The van der Waals surface area contributed by atoms with Gasteiger partial charge in [-0.25, -0.2) is 9.37 Å². The van der Waals surface area contributed by atoms with E-state index >= 15 is 0 Å². The van der Waals surface area contributed by atoms with Gasteiger partial charge in [0.1, 0.15) is 11.6 Å². The number of methoxy groups -OCH3 is 1. The predicted octanol–water partition coefficient (Wildman–Crippen LogP) is 4.06. The second kappa shape index (κ2) is 6.87. The number of H-pyrrole nitrogens is 1. The number of halogens is 1. The van der Waals surface area contributed by atoms with Crippen LogP contribution in [-0.4, -0.2) is 23.1 Å². The standard InChI is InChI=1S/C21H20FN3O2/c1-13-6-7-15-10-16(22)8-9-19(15)25(13)21-23-18(12-20(26)24-21)14-4-3-5-17(11-14)27-2/h3-5,8-13H,6-7H2,1-2H3,(H,23,24,26). The van der Waals surface area contributed by atoms with Crippen LogP contribution in [0, 0.1) is 5.82 Å². The van der Waals surface area contributed by atoms with Crippen LogP contribution in [0.3, 0.4) is 0 Å². The highest BCUT2D eigenvalue weighted by Crippen LogP contribution is 2.35. The molecule has 1 unspecified atom stereocenters. The Morgan fingerprint density at radius 3 is 2.89 bits per heavy atom. The molecule has 6 heteroatoms. The Morgan fingerprint density at radius 2 is 2.07 bits per heavy atom. The zero-order valence-electron chi connectivity index (χ0n) is 15.2. The van der Waals surface area contributed by atoms with E-state index in [2.05, 4.69) is 11.9 Å². The van der Waals surface area contributed by atoms with Crippen molar-refractivity contribution < 1.29 is 9.13 Å². The monoisotopic (exact) mass is 365 g/mol. The Hall–Kier alpha value is -3.15. The van der Waals surface area contributed by atoms with Gasteiger partial charge in [-0.3, -0.25) is 9.78 Å². The van der Waals surface area contributed by atoms with Crippen molar-refractivity contribution in [3.05, 3.63) is 70.3 Å². The maximum Gasteiger partial charge on any atom is 0.252 e. The summed E-state index contributed by atoms with van der Waals surface area (Å²) in [5.41, 5.74) is 2.92. The lowest BCUT2D eigenvalue weighted by Gasteiger charge is -2.35. The third-order valence-electron chi connectivity index (χ3n) is 4.90. The van der Waals surface area contributed by atoms with Crippen molar-refractivity contribution in [3.63, 3.8) is 0 Å². The average Bonchev–Trinajstić information content (AvgIpc) is 2.67. The van der Waals surface area contributed by atoms with E-state index in [-0.39, 0.29) is 17.4 Å². The van der Waals surface area contributed by atoms with Gasteiger partial charge in [-0.15, -0.1) is 0 Å². The minimum absolute atomic E-state index is 0.131. The maximum absolute atomic E-state index is 13.6. The van der Waals surface area contributed by atoms with Crippen LogP contribution in [0.15, 0.2) is 53.3 Å². The molecule has 0 fully saturated rings. The first-order valence-electron chi connectivity index (χ1n) is 8.88. The molecule has 1 N–H and O–H groups in total. The second-order valence-corrected chi connectivity index (χ2v) is 6.72. The Bertz CT molecular complexity index is 1050. The number of aromatic amines is 1. The molecule has 3 aromatic rings. The van der Waals surface area contributed by atoms with E-state index < -0.39 is 0 Å². The van der Waals surface area contributed by atoms with Gasteiger partial charge in [-0.05, 0) is 55.7 Å². The number of fused-ring (bicyclic) bond motifs is 1. The Kier molecular flexibility index (Phi) is 4.39. The summed E-state index contributed by atoms with van der Waals surface area (Å²) in [7, 11) is 1.60. The van der Waals surface area contributed by atoms with Crippen LogP contribution < -0.4 is 15.2 Å². The van der Waals surface area contributed by atoms with Crippen LogP contribution in [0.4, 0.5) is 16.0 Å². The maximum atomic E-state index is 13.6. The minimum Gasteiger partial charge on any atom is -0.497 e. The zero-order valence-corrected chi connectivity index (χ0v) is 15.2. The molecule has 27 heavy (non-hydrogen) atoms. The van der Waals surface area contributed by atoms with Gasteiger partial charge in [-0.2, -0.15) is 0 Å². The average molecular weight is 365 g/mol. The number of ether oxygens (including phenoxy) is 1. The van der Waals surface area contributed by atoms with Crippen molar-refractivity contribution in [1.82, 2.24) is 9.97 Å². The van der Waals surface area contributed by atoms with Crippen molar-refractivity contribution in [1.29, 1.82) is 0 Å². The molecule has 1 aliphatic rings.